The quantitative estimate of drug-likeness (QED) is 0.656. The number of hydrogen-bond acceptors (Lipinski definition) is 7. The van der Waals surface area contributed by atoms with Gasteiger partial charge in [0.05, 0.1) is 25.1 Å². The molecule has 1 aliphatic rings. The molecule has 8 nitrogen and oxygen atoms in total. The molecule has 0 saturated carbocycles. The number of aryl methyl sites for hydroxylation is 1. The van der Waals surface area contributed by atoms with E-state index in [1.807, 2.05) is 24.4 Å². The largest absolute Gasteiger partial charge is 0.379 e. The van der Waals surface area contributed by atoms with Crippen LogP contribution in [0.5, 0.6) is 0 Å². The molecular weight excluding hydrogens is 376 g/mol. The lowest BCUT2D eigenvalue weighted by Gasteiger charge is -2.26. The Morgan fingerprint density at radius 1 is 1.32 bits per heavy atom. The standard InChI is InChI=1S/C19H24N6O2S/c1-12-3-4-14(17(20)26)13(2)16(12)15-11-22-19-25(15)23-18(28-19)21-5-6-24-7-9-27-10-8-24/h3-4,11H,5-10H2,1-2H3,(H2,20,26)(H,21,23). The summed E-state index contributed by atoms with van der Waals surface area (Å²) in [5.41, 5.74) is 9.77. The highest BCUT2D eigenvalue weighted by molar-refractivity contribution is 7.20. The van der Waals surface area contributed by atoms with Gasteiger partial charge in [0, 0.05) is 37.3 Å². The molecule has 9 heteroatoms. The first-order valence-electron chi connectivity index (χ1n) is 9.33. The van der Waals surface area contributed by atoms with Gasteiger partial charge < -0.3 is 15.8 Å². The number of carbonyl (C=O) groups excluding carboxylic acids is 1. The number of nitrogens with zero attached hydrogens (tertiary/aromatic N) is 4. The van der Waals surface area contributed by atoms with Gasteiger partial charge in [0.1, 0.15) is 0 Å². The lowest BCUT2D eigenvalue weighted by atomic mass is 9.95. The molecule has 1 amide bonds. The van der Waals surface area contributed by atoms with Crippen molar-refractivity contribution in [1.82, 2.24) is 19.5 Å². The van der Waals surface area contributed by atoms with Crippen molar-refractivity contribution in [3.63, 3.8) is 0 Å². The van der Waals surface area contributed by atoms with Crippen LogP contribution < -0.4 is 11.1 Å². The zero-order valence-corrected chi connectivity index (χ0v) is 16.9. The number of anilines is 1. The van der Waals surface area contributed by atoms with Crippen molar-refractivity contribution in [3.05, 3.63) is 35.0 Å². The van der Waals surface area contributed by atoms with E-state index in [0.29, 0.717) is 5.56 Å². The van der Waals surface area contributed by atoms with E-state index in [2.05, 4.69) is 15.2 Å². The molecule has 0 atom stereocenters. The normalized spacial score (nSPS) is 15.2. The van der Waals surface area contributed by atoms with Crippen LogP contribution in [0.1, 0.15) is 21.5 Å². The van der Waals surface area contributed by atoms with Crippen molar-refractivity contribution < 1.29 is 9.53 Å². The van der Waals surface area contributed by atoms with E-state index in [1.54, 1.807) is 12.3 Å². The van der Waals surface area contributed by atoms with Crippen LogP contribution in [0.2, 0.25) is 0 Å². The Hall–Kier alpha value is -2.49. The third-order valence-corrected chi connectivity index (χ3v) is 5.97. The monoisotopic (exact) mass is 400 g/mol. The summed E-state index contributed by atoms with van der Waals surface area (Å²) in [6.07, 6.45) is 1.80. The minimum absolute atomic E-state index is 0.428. The van der Waals surface area contributed by atoms with Crippen LogP contribution in [0.4, 0.5) is 5.13 Å². The zero-order chi connectivity index (χ0) is 19.7. The SMILES string of the molecule is Cc1ccc(C(N)=O)c(C)c1-c1cnc2sc(NCCN3CCOCC3)nn12. The number of amides is 1. The number of ether oxygens (including phenoxy) is 1. The van der Waals surface area contributed by atoms with Gasteiger partial charge in [0.2, 0.25) is 16.0 Å². The fourth-order valence-electron chi connectivity index (χ4n) is 3.59. The van der Waals surface area contributed by atoms with Crippen LogP contribution in [-0.4, -0.2) is 64.8 Å². The molecule has 0 radical (unpaired) electrons. The van der Waals surface area contributed by atoms with E-state index in [1.165, 1.54) is 11.3 Å². The fourth-order valence-corrected chi connectivity index (χ4v) is 4.39. The second-order valence-corrected chi connectivity index (χ2v) is 7.88. The Kier molecular flexibility index (Phi) is 5.29. The topological polar surface area (TPSA) is 97.8 Å². The molecular formula is C19H24N6O2S. The molecule has 0 aliphatic carbocycles. The Labute approximate surface area is 167 Å². The van der Waals surface area contributed by atoms with Crippen LogP contribution in [0.25, 0.3) is 16.2 Å². The summed E-state index contributed by atoms with van der Waals surface area (Å²) in [4.78, 5) is 19.4. The van der Waals surface area contributed by atoms with Crippen LogP contribution >= 0.6 is 11.3 Å². The number of imidazole rings is 1. The van der Waals surface area contributed by atoms with Crippen LogP contribution in [0.3, 0.4) is 0 Å². The molecule has 3 heterocycles. The summed E-state index contributed by atoms with van der Waals surface area (Å²) in [6, 6.07) is 3.68. The molecule has 0 bridgehead atoms. The number of carbonyl (C=O) groups is 1. The van der Waals surface area contributed by atoms with Crippen molar-refractivity contribution >= 4 is 27.3 Å². The predicted molar refractivity (Wildman–Crippen MR) is 110 cm³/mol. The molecule has 0 spiro atoms. The van der Waals surface area contributed by atoms with Gasteiger partial charge >= 0.3 is 0 Å². The minimum Gasteiger partial charge on any atom is -0.379 e. The molecule has 2 aromatic heterocycles. The number of aromatic nitrogens is 3. The average molecular weight is 401 g/mol. The summed E-state index contributed by atoms with van der Waals surface area (Å²) in [5, 5.41) is 8.92. The van der Waals surface area contributed by atoms with Crippen molar-refractivity contribution in [2.75, 3.05) is 44.7 Å². The fraction of sp³-hybridized carbons (Fsp3) is 0.421. The minimum atomic E-state index is -0.428. The predicted octanol–water partition coefficient (Wildman–Crippen LogP) is 1.92. The first-order valence-corrected chi connectivity index (χ1v) is 10.1. The number of nitrogens with one attached hydrogen (secondary N) is 1. The van der Waals surface area contributed by atoms with Crippen molar-refractivity contribution in [2.24, 2.45) is 5.73 Å². The highest BCUT2D eigenvalue weighted by Gasteiger charge is 2.18. The number of morpholine rings is 1. The van der Waals surface area contributed by atoms with Crippen LogP contribution in [-0.2, 0) is 4.74 Å². The van der Waals surface area contributed by atoms with E-state index in [4.69, 9.17) is 15.6 Å². The second kappa shape index (κ2) is 7.86. The molecule has 1 aromatic carbocycles. The third kappa shape index (κ3) is 3.60. The third-order valence-electron chi connectivity index (χ3n) is 5.09. The molecule has 3 N–H and O–H groups in total. The number of nitrogens with two attached hydrogens (primary N) is 1. The highest BCUT2D eigenvalue weighted by atomic mass is 32.1. The smallest absolute Gasteiger partial charge is 0.248 e. The lowest BCUT2D eigenvalue weighted by molar-refractivity contribution is 0.0398. The first kappa shape index (κ1) is 18.9. The van der Waals surface area contributed by atoms with Gasteiger partial charge in [-0.15, -0.1) is 5.10 Å². The maximum absolute atomic E-state index is 11.7. The summed E-state index contributed by atoms with van der Waals surface area (Å²) in [6.45, 7) is 9.26. The van der Waals surface area contributed by atoms with Crippen LogP contribution in [0, 0.1) is 13.8 Å². The van der Waals surface area contributed by atoms with Crippen molar-refractivity contribution in [2.45, 2.75) is 13.8 Å². The Morgan fingerprint density at radius 3 is 2.86 bits per heavy atom. The van der Waals surface area contributed by atoms with Gasteiger partial charge in [0.15, 0.2) is 0 Å². The number of fused-ring (bicyclic) bond motifs is 1. The molecule has 4 rings (SSSR count). The average Bonchev–Trinajstić information content (AvgIpc) is 3.24. The van der Waals surface area contributed by atoms with Gasteiger partial charge in [0.25, 0.3) is 0 Å². The highest BCUT2D eigenvalue weighted by Crippen LogP contribution is 2.32. The summed E-state index contributed by atoms with van der Waals surface area (Å²) in [7, 11) is 0. The van der Waals surface area contributed by atoms with Crippen molar-refractivity contribution in [3.8, 4) is 11.3 Å². The van der Waals surface area contributed by atoms with Gasteiger partial charge in [-0.05, 0) is 31.0 Å². The number of hydrogen-bond donors (Lipinski definition) is 2. The Bertz CT molecular complexity index is 1010. The van der Waals surface area contributed by atoms with Gasteiger partial charge in [-0.3, -0.25) is 9.69 Å². The van der Waals surface area contributed by atoms with E-state index in [-0.39, 0.29) is 0 Å². The lowest BCUT2D eigenvalue weighted by Crippen LogP contribution is -2.39. The Balaban J connectivity index is 1.57. The second-order valence-electron chi connectivity index (χ2n) is 6.92. The summed E-state index contributed by atoms with van der Waals surface area (Å²) < 4.78 is 7.21. The van der Waals surface area contributed by atoms with Gasteiger partial charge in [-0.25, -0.2) is 9.50 Å². The van der Waals surface area contributed by atoms with Crippen molar-refractivity contribution in [1.29, 1.82) is 0 Å². The Morgan fingerprint density at radius 2 is 2.11 bits per heavy atom. The molecule has 1 fully saturated rings. The number of rotatable bonds is 6. The molecule has 1 aliphatic heterocycles. The van der Waals surface area contributed by atoms with E-state index >= 15 is 0 Å². The molecule has 0 unspecified atom stereocenters. The molecule has 28 heavy (non-hydrogen) atoms. The number of primary amides is 1. The van der Waals surface area contributed by atoms with Gasteiger partial charge in [-0.1, -0.05) is 17.4 Å². The van der Waals surface area contributed by atoms with E-state index in [0.717, 1.165) is 71.9 Å². The first-order chi connectivity index (χ1) is 13.5. The van der Waals surface area contributed by atoms with E-state index in [9.17, 15) is 4.79 Å². The zero-order valence-electron chi connectivity index (χ0n) is 16.1. The summed E-state index contributed by atoms with van der Waals surface area (Å²) in [5.74, 6) is -0.428. The van der Waals surface area contributed by atoms with Crippen LogP contribution in [0.15, 0.2) is 18.3 Å². The van der Waals surface area contributed by atoms with Gasteiger partial charge in [-0.2, -0.15) is 0 Å². The molecule has 3 aromatic rings. The van der Waals surface area contributed by atoms with E-state index < -0.39 is 5.91 Å². The summed E-state index contributed by atoms with van der Waals surface area (Å²) >= 11 is 1.52. The molecule has 1 saturated heterocycles. The molecule has 148 valence electrons. The number of benzene rings is 1. The maximum atomic E-state index is 11.7. The maximum Gasteiger partial charge on any atom is 0.248 e.